The fraction of sp³-hybridized carbons (Fsp3) is 0.423. The molecule has 2 aliphatic heterocycles. The Morgan fingerprint density at radius 2 is 1.72 bits per heavy atom. The third kappa shape index (κ3) is 7.69. The molecule has 2 fully saturated rings. The van der Waals surface area contributed by atoms with Gasteiger partial charge in [-0.05, 0) is 61.4 Å². The molecule has 0 aromatic heterocycles. The highest BCUT2D eigenvalue weighted by atomic mass is 35.5. The van der Waals surface area contributed by atoms with Gasteiger partial charge in [-0.1, -0.05) is 24.9 Å². The maximum absolute atomic E-state index is 13.3. The topological polar surface area (TPSA) is 137 Å². The van der Waals surface area contributed by atoms with Gasteiger partial charge in [0.05, 0.1) is 12.4 Å². The van der Waals surface area contributed by atoms with Crippen LogP contribution in [0.15, 0.2) is 48.5 Å². The summed E-state index contributed by atoms with van der Waals surface area (Å²) in [5, 5.41) is 6.08. The van der Waals surface area contributed by atoms with Crippen LogP contribution in [0.1, 0.15) is 26.2 Å². The van der Waals surface area contributed by atoms with Crippen molar-refractivity contribution in [2.75, 3.05) is 47.6 Å². The molecule has 2 heterocycles. The summed E-state index contributed by atoms with van der Waals surface area (Å²) < 4.78 is 32.8. The Bertz CT molecular complexity index is 1290. The van der Waals surface area contributed by atoms with Crippen LogP contribution in [0.4, 0.5) is 21.9 Å². The number of hydrogen-bond acceptors (Lipinski definition) is 6. The van der Waals surface area contributed by atoms with Gasteiger partial charge in [-0.15, -0.1) is 0 Å². The van der Waals surface area contributed by atoms with Crippen LogP contribution in [0.25, 0.3) is 0 Å². The van der Waals surface area contributed by atoms with Crippen molar-refractivity contribution in [2.24, 2.45) is 0 Å². The number of sulfonamides is 1. The van der Waals surface area contributed by atoms with Gasteiger partial charge in [0.25, 0.3) is 5.91 Å². The number of urea groups is 1. The molecular weight excluding hydrogens is 546 g/mol. The van der Waals surface area contributed by atoms with Gasteiger partial charge >= 0.3 is 6.03 Å². The molecule has 210 valence electrons. The third-order valence-corrected chi connectivity index (χ3v) is 8.28. The summed E-state index contributed by atoms with van der Waals surface area (Å²) in [7, 11) is -3.56. The third-order valence-electron chi connectivity index (χ3n) is 6.51. The molecule has 0 bridgehead atoms. The van der Waals surface area contributed by atoms with E-state index in [1.165, 1.54) is 4.90 Å². The second kappa shape index (κ2) is 12.8. The predicted octanol–water partition coefficient (Wildman–Crippen LogP) is 3.04. The molecule has 0 spiro atoms. The van der Waals surface area contributed by atoms with E-state index in [1.54, 1.807) is 53.4 Å². The van der Waals surface area contributed by atoms with E-state index in [0.717, 1.165) is 6.42 Å². The molecular formula is C26H32ClN5O6S. The van der Waals surface area contributed by atoms with E-state index in [1.807, 2.05) is 6.92 Å². The molecule has 2 aromatic carbocycles. The Hall–Kier alpha value is -3.19. The van der Waals surface area contributed by atoms with E-state index < -0.39 is 34.0 Å². The molecule has 4 amide bonds. The number of nitrogens with one attached hydrogen (secondary N) is 3. The number of benzene rings is 2. The molecule has 2 aliphatic rings. The van der Waals surface area contributed by atoms with Crippen LogP contribution in [0.5, 0.6) is 0 Å². The van der Waals surface area contributed by atoms with Crippen molar-refractivity contribution in [1.29, 1.82) is 0 Å². The zero-order valence-electron chi connectivity index (χ0n) is 21.6. The maximum Gasteiger partial charge on any atom is 0.322 e. The Balaban J connectivity index is 1.47. The lowest BCUT2D eigenvalue weighted by Crippen LogP contribution is -2.45. The first-order valence-electron chi connectivity index (χ1n) is 12.8. The van der Waals surface area contributed by atoms with E-state index in [9.17, 15) is 22.8 Å². The SMILES string of the molecule is CCCCS(=O)(=O)N[C@@H]1C[C@H](C(=O)Nc2ccc(N3CCOCC3=O)cc2)N(C(=O)Nc2ccc(Cl)cc2)C1. The number of morpholine rings is 1. The lowest BCUT2D eigenvalue weighted by molar-refractivity contribution is -0.125. The van der Waals surface area contributed by atoms with Crippen LogP contribution in [0.2, 0.25) is 5.02 Å². The lowest BCUT2D eigenvalue weighted by Gasteiger charge is -2.27. The van der Waals surface area contributed by atoms with E-state index in [-0.39, 0.29) is 31.2 Å². The minimum atomic E-state index is -3.56. The molecule has 13 heteroatoms. The second-order valence-electron chi connectivity index (χ2n) is 9.46. The number of unbranched alkanes of at least 4 members (excludes halogenated alkanes) is 1. The standard InChI is InChI=1S/C26H32ClN5O6S/c1-2-3-14-39(36,37)30-21-15-23(32(16-21)26(35)29-20-6-4-18(27)5-7-20)25(34)28-19-8-10-22(11-9-19)31-12-13-38-17-24(31)33/h4-11,21,23,30H,2-3,12-17H2,1H3,(H,28,34)(H,29,35)/t21-,23-/m1/s1. The first kappa shape index (κ1) is 28.8. The first-order chi connectivity index (χ1) is 18.6. The smallest absolute Gasteiger partial charge is 0.322 e. The quantitative estimate of drug-likeness (QED) is 0.419. The minimum absolute atomic E-state index is 0.0220. The van der Waals surface area contributed by atoms with Crippen LogP contribution < -0.4 is 20.3 Å². The number of nitrogens with zero attached hydrogens (tertiary/aromatic N) is 2. The fourth-order valence-corrected chi connectivity index (χ4v) is 6.10. The highest BCUT2D eigenvalue weighted by molar-refractivity contribution is 7.89. The zero-order chi connectivity index (χ0) is 28.0. The van der Waals surface area contributed by atoms with Crippen LogP contribution >= 0.6 is 11.6 Å². The van der Waals surface area contributed by atoms with Crippen LogP contribution in [0.3, 0.4) is 0 Å². The number of ether oxygens (including phenoxy) is 1. The highest BCUT2D eigenvalue weighted by Crippen LogP contribution is 2.24. The number of hydrogen-bond donors (Lipinski definition) is 3. The molecule has 4 rings (SSSR count). The van der Waals surface area contributed by atoms with Gasteiger partial charge < -0.3 is 25.2 Å². The number of carbonyl (C=O) groups is 3. The molecule has 0 saturated carbocycles. The molecule has 39 heavy (non-hydrogen) atoms. The second-order valence-corrected chi connectivity index (χ2v) is 11.8. The number of anilines is 3. The number of amides is 4. The summed E-state index contributed by atoms with van der Waals surface area (Å²) >= 11 is 5.93. The molecule has 2 aromatic rings. The van der Waals surface area contributed by atoms with Crippen molar-refractivity contribution in [2.45, 2.75) is 38.3 Å². The molecule has 2 saturated heterocycles. The van der Waals surface area contributed by atoms with Crippen molar-refractivity contribution in [1.82, 2.24) is 9.62 Å². The number of carbonyl (C=O) groups excluding carboxylic acids is 3. The summed E-state index contributed by atoms with van der Waals surface area (Å²) in [6.07, 6.45) is 1.36. The Labute approximate surface area is 232 Å². The Morgan fingerprint density at radius 3 is 2.38 bits per heavy atom. The average Bonchev–Trinajstić information content (AvgIpc) is 3.33. The maximum atomic E-state index is 13.3. The molecule has 0 radical (unpaired) electrons. The monoisotopic (exact) mass is 577 g/mol. The van der Waals surface area contributed by atoms with Gasteiger partial charge in [-0.25, -0.2) is 17.9 Å². The first-order valence-corrected chi connectivity index (χ1v) is 14.8. The van der Waals surface area contributed by atoms with Crippen molar-refractivity contribution in [3.05, 3.63) is 53.6 Å². The van der Waals surface area contributed by atoms with Gasteiger partial charge in [0.2, 0.25) is 15.9 Å². The molecule has 2 atom stereocenters. The van der Waals surface area contributed by atoms with Gasteiger partial charge in [-0.2, -0.15) is 0 Å². The molecule has 0 unspecified atom stereocenters. The lowest BCUT2D eigenvalue weighted by atomic mass is 10.1. The summed E-state index contributed by atoms with van der Waals surface area (Å²) in [5.74, 6) is -0.614. The van der Waals surface area contributed by atoms with Crippen LogP contribution in [0, 0.1) is 0 Å². The normalized spacial score (nSPS) is 19.7. The van der Waals surface area contributed by atoms with Gasteiger partial charge in [-0.3, -0.25) is 9.59 Å². The highest BCUT2D eigenvalue weighted by Gasteiger charge is 2.41. The van der Waals surface area contributed by atoms with Crippen molar-refractivity contribution < 1.29 is 27.5 Å². The van der Waals surface area contributed by atoms with Gasteiger partial charge in [0.1, 0.15) is 12.6 Å². The minimum Gasteiger partial charge on any atom is -0.370 e. The fourth-order valence-electron chi connectivity index (χ4n) is 4.51. The number of halogens is 1. The Kier molecular flexibility index (Phi) is 9.44. The largest absolute Gasteiger partial charge is 0.370 e. The molecule has 11 nitrogen and oxygen atoms in total. The molecule has 0 aliphatic carbocycles. The Morgan fingerprint density at radius 1 is 1.05 bits per heavy atom. The van der Waals surface area contributed by atoms with Gasteiger partial charge in [0.15, 0.2) is 0 Å². The zero-order valence-corrected chi connectivity index (χ0v) is 23.1. The predicted molar refractivity (Wildman–Crippen MR) is 149 cm³/mol. The van der Waals surface area contributed by atoms with Crippen LogP contribution in [-0.4, -0.2) is 75.3 Å². The number of rotatable bonds is 9. The van der Waals surface area contributed by atoms with Gasteiger partial charge in [0, 0.05) is 41.2 Å². The van der Waals surface area contributed by atoms with E-state index >= 15 is 0 Å². The molecule has 3 N–H and O–H groups in total. The van der Waals surface area contributed by atoms with Crippen molar-refractivity contribution in [3.63, 3.8) is 0 Å². The average molecular weight is 578 g/mol. The summed E-state index contributed by atoms with van der Waals surface area (Å²) in [5.41, 5.74) is 1.66. The van der Waals surface area contributed by atoms with E-state index in [0.29, 0.717) is 41.7 Å². The van der Waals surface area contributed by atoms with Crippen molar-refractivity contribution >= 4 is 56.5 Å². The summed E-state index contributed by atoms with van der Waals surface area (Å²) in [6.45, 7) is 2.85. The number of likely N-dealkylation sites (tertiary alicyclic amines) is 1. The van der Waals surface area contributed by atoms with Crippen molar-refractivity contribution in [3.8, 4) is 0 Å². The van der Waals surface area contributed by atoms with Crippen LogP contribution in [-0.2, 0) is 24.3 Å². The van der Waals surface area contributed by atoms with E-state index in [2.05, 4.69) is 15.4 Å². The van der Waals surface area contributed by atoms with E-state index in [4.69, 9.17) is 16.3 Å². The summed E-state index contributed by atoms with van der Waals surface area (Å²) in [4.78, 5) is 41.6. The summed E-state index contributed by atoms with van der Waals surface area (Å²) in [6, 6.07) is 11.3.